The highest BCUT2D eigenvalue weighted by molar-refractivity contribution is 6.76. The molecule has 0 aromatic heterocycles. The Morgan fingerprint density at radius 3 is 2.13 bits per heavy atom. The van der Waals surface area contributed by atoms with Gasteiger partial charge in [-0.2, -0.15) is 0 Å². The molecular formula is C24H41NO4Si. The first-order chi connectivity index (χ1) is 13.9. The molecule has 0 saturated heterocycles. The fourth-order valence-electron chi connectivity index (χ4n) is 3.40. The van der Waals surface area contributed by atoms with Gasteiger partial charge in [0, 0.05) is 20.2 Å². The minimum Gasteiger partial charge on any atom is -0.418 e. The van der Waals surface area contributed by atoms with Gasteiger partial charge in [0.2, 0.25) is 0 Å². The van der Waals surface area contributed by atoms with E-state index in [0.29, 0.717) is 13.0 Å². The molecular weight excluding hydrogens is 394 g/mol. The molecule has 6 heteroatoms. The molecule has 1 aromatic carbocycles. The highest BCUT2D eigenvalue weighted by Gasteiger charge is 2.24. The molecule has 1 N–H and O–H groups in total. The molecule has 2 unspecified atom stereocenters. The average Bonchev–Trinajstić information content (AvgIpc) is 2.63. The third-order valence-corrected chi connectivity index (χ3v) is 6.29. The van der Waals surface area contributed by atoms with Crippen LogP contribution in [0.15, 0.2) is 42.2 Å². The van der Waals surface area contributed by atoms with Gasteiger partial charge in [-0.3, -0.25) is 0 Å². The van der Waals surface area contributed by atoms with Gasteiger partial charge in [-0.05, 0) is 58.2 Å². The van der Waals surface area contributed by atoms with Crippen LogP contribution >= 0.6 is 0 Å². The van der Waals surface area contributed by atoms with Gasteiger partial charge in [-0.25, -0.2) is 4.79 Å². The van der Waals surface area contributed by atoms with Gasteiger partial charge < -0.3 is 19.5 Å². The number of carbonyl (C=O) groups excluding carboxylic acids is 1. The summed E-state index contributed by atoms with van der Waals surface area (Å²) in [6.45, 7) is 17.0. The number of hydrogen-bond acceptors (Lipinski definition) is 4. The van der Waals surface area contributed by atoms with E-state index in [4.69, 9.17) is 9.47 Å². The first kappa shape index (κ1) is 26.4. The molecule has 0 fully saturated rings. The molecule has 1 aromatic rings. The number of ether oxygens (including phenoxy) is 2. The molecule has 1 rings (SSSR count). The van der Waals surface area contributed by atoms with E-state index in [1.807, 2.05) is 65.0 Å². The lowest BCUT2D eigenvalue weighted by atomic mass is 10.1. The second-order valence-corrected chi connectivity index (χ2v) is 15.2. The van der Waals surface area contributed by atoms with Crippen molar-refractivity contribution in [2.45, 2.75) is 97.6 Å². The maximum atomic E-state index is 12.6. The zero-order valence-electron chi connectivity index (χ0n) is 20.0. The van der Waals surface area contributed by atoms with Crippen molar-refractivity contribution in [2.75, 3.05) is 0 Å². The van der Waals surface area contributed by atoms with Crippen LogP contribution in [0.5, 0.6) is 0 Å². The summed E-state index contributed by atoms with van der Waals surface area (Å²) in [4.78, 5) is 14.3. The molecule has 30 heavy (non-hydrogen) atoms. The van der Waals surface area contributed by atoms with Crippen molar-refractivity contribution >= 4 is 14.2 Å². The molecule has 170 valence electrons. The average molecular weight is 436 g/mol. The monoisotopic (exact) mass is 435 g/mol. The van der Waals surface area contributed by atoms with Gasteiger partial charge in [-0.1, -0.05) is 50.0 Å². The van der Waals surface area contributed by atoms with Crippen molar-refractivity contribution in [2.24, 2.45) is 0 Å². The van der Waals surface area contributed by atoms with E-state index in [0.717, 1.165) is 17.2 Å². The highest BCUT2D eigenvalue weighted by Crippen LogP contribution is 2.23. The van der Waals surface area contributed by atoms with Crippen LogP contribution in [0.2, 0.25) is 25.7 Å². The molecule has 0 aliphatic rings. The predicted molar refractivity (Wildman–Crippen MR) is 126 cm³/mol. The standard InChI is InChI=1S/C24H41NO4Si/c1-18(2)25(19(3)4)24(27)29-16-22(17-30(6,7)8)14-23(26)20(5)28-15-21-12-10-9-11-13-21/h9-13,16,18-20,23,26H,14-15,17H2,1-8H3/b22-16-. The third-order valence-electron chi connectivity index (χ3n) is 4.78. The minimum absolute atomic E-state index is 0.0586. The fraction of sp³-hybridized carbons (Fsp3) is 0.625. The summed E-state index contributed by atoms with van der Waals surface area (Å²) in [5.41, 5.74) is 2.03. The van der Waals surface area contributed by atoms with E-state index >= 15 is 0 Å². The van der Waals surface area contributed by atoms with Crippen LogP contribution in [-0.4, -0.2) is 48.5 Å². The largest absolute Gasteiger partial charge is 0.418 e. The Balaban J connectivity index is 2.78. The molecule has 0 heterocycles. The van der Waals surface area contributed by atoms with E-state index in [2.05, 4.69) is 19.6 Å². The minimum atomic E-state index is -1.46. The van der Waals surface area contributed by atoms with Crippen molar-refractivity contribution in [3.05, 3.63) is 47.7 Å². The number of hydrogen-bond donors (Lipinski definition) is 1. The number of benzene rings is 1. The van der Waals surface area contributed by atoms with Gasteiger partial charge in [-0.15, -0.1) is 0 Å². The Labute approximate surface area is 184 Å². The first-order valence-electron chi connectivity index (χ1n) is 10.9. The van der Waals surface area contributed by atoms with Crippen molar-refractivity contribution in [3.8, 4) is 0 Å². The van der Waals surface area contributed by atoms with E-state index in [1.54, 1.807) is 11.2 Å². The zero-order chi connectivity index (χ0) is 22.9. The second kappa shape index (κ2) is 12.3. The lowest BCUT2D eigenvalue weighted by Gasteiger charge is -2.29. The summed E-state index contributed by atoms with van der Waals surface area (Å²) in [7, 11) is -1.46. The molecule has 0 spiro atoms. The Hall–Kier alpha value is -1.63. The third kappa shape index (κ3) is 9.91. The van der Waals surface area contributed by atoms with E-state index in [-0.39, 0.29) is 24.3 Å². The van der Waals surface area contributed by atoms with E-state index < -0.39 is 14.2 Å². The smallest absolute Gasteiger partial charge is 0.415 e. The van der Waals surface area contributed by atoms with Crippen LogP contribution < -0.4 is 0 Å². The van der Waals surface area contributed by atoms with Crippen molar-refractivity contribution < 1.29 is 19.4 Å². The Bertz CT molecular complexity index is 660. The van der Waals surface area contributed by atoms with Crippen molar-refractivity contribution in [1.82, 2.24) is 4.90 Å². The maximum Gasteiger partial charge on any atom is 0.415 e. The van der Waals surface area contributed by atoms with Crippen LogP contribution in [0.4, 0.5) is 4.79 Å². The van der Waals surface area contributed by atoms with E-state index in [9.17, 15) is 9.90 Å². The lowest BCUT2D eigenvalue weighted by molar-refractivity contribution is -0.0345. The molecule has 0 aliphatic heterocycles. The summed E-state index contributed by atoms with van der Waals surface area (Å²) < 4.78 is 11.4. The van der Waals surface area contributed by atoms with Crippen LogP contribution in [0.3, 0.4) is 0 Å². The number of rotatable bonds is 11. The molecule has 1 amide bonds. The van der Waals surface area contributed by atoms with Crippen LogP contribution in [0, 0.1) is 0 Å². The normalized spacial score (nSPS) is 14.7. The topological polar surface area (TPSA) is 59.0 Å². The fourth-order valence-corrected chi connectivity index (χ4v) is 4.99. The molecule has 5 nitrogen and oxygen atoms in total. The lowest BCUT2D eigenvalue weighted by Crippen LogP contribution is -2.41. The van der Waals surface area contributed by atoms with Crippen LogP contribution in [0.25, 0.3) is 0 Å². The number of carbonyl (C=O) groups is 1. The summed E-state index contributed by atoms with van der Waals surface area (Å²) in [5, 5.41) is 10.7. The molecule has 0 aliphatic carbocycles. The Kier molecular flexibility index (Phi) is 10.8. The van der Waals surface area contributed by atoms with Gasteiger partial charge in [0.05, 0.1) is 25.1 Å². The van der Waals surface area contributed by atoms with Gasteiger partial charge in [0.25, 0.3) is 0 Å². The molecule has 0 bridgehead atoms. The van der Waals surface area contributed by atoms with E-state index in [1.165, 1.54) is 0 Å². The first-order valence-corrected chi connectivity index (χ1v) is 14.6. The summed E-state index contributed by atoms with van der Waals surface area (Å²) >= 11 is 0. The Morgan fingerprint density at radius 1 is 1.07 bits per heavy atom. The van der Waals surface area contributed by atoms with Gasteiger partial charge in [0.15, 0.2) is 0 Å². The number of nitrogens with zero attached hydrogens (tertiary/aromatic N) is 1. The summed E-state index contributed by atoms with van der Waals surface area (Å²) in [6.07, 6.45) is 0.647. The quantitative estimate of drug-likeness (QED) is 0.351. The van der Waals surface area contributed by atoms with Crippen molar-refractivity contribution in [3.63, 3.8) is 0 Å². The van der Waals surface area contributed by atoms with Crippen molar-refractivity contribution in [1.29, 1.82) is 0 Å². The summed E-state index contributed by atoms with van der Waals surface area (Å²) in [6, 6.07) is 10.9. The summed E-state index contributed by atoms with van der Waals surface area (Å²) in [5.74, 6) is 0. The van der Waals surface area contributed by atoms with Crippen LogP contribution in [0.1, 0.15) is 46.6 Å². The molecule has 0 saturated carbocycles. The second-order valence-electron chi connectivity index (χ2n) is 9.77. The number of aliphatic hydroxyl groups is 1. The molecule has 2 atom stereocenters. The highest BCUT2D eigenvalue weighted by atomic mass is 28.3. The number of amides is 1. The SMILES string of the molecule is CC(OCc1ccccc1)C(O)C/C(=C/OC(=O)N(C(C)C)C(C)C)C[Si](C)(C)C. The predicted octanol–water partition coefficient (Wildman–Crippen LogP) is 5.82. The molecule has 0 radical (unpaired) electrons. The van der Waals surface area contributed by atoms with Gasteiger partial charge in [0.1, 0.15) is 0 Å². The zero-order valence-corrected chi connectivity index (χ0v) is 21.0. The van der Waals surface area contributed by atoms with Crippen LogP contribution in [-0.2, 0) is 16.1 Å². The maximum absolute atomic E-state index is 12.6. The van der Waals surface area contributed by atoms with Gasteiger partial charge >= 0.3 is 6.09 Å². The Morgan fingerprint density at radius 2 is 1.63 bits per heavy atom. The number of aliphatic hydroxyl groups excluding tert-OH is 1.